The smallest absolute Gasteiger partial charge is 0.316 e. The maximum absolute atomic E-state index is 11.3. The lowest BCUT2D eigenvalue weighted by molar-refractivity contribution is -0.117. The lowest BCUT2D eigenvalue weighted by Crippen LogP contribution is -2.17. The second-order valence-electron chi connectivity index (χ2n) is 3.50. The van der Waals surface area contributed by atoms with Crippen LogP contribution in [0.25, 0.3) is 0 Å². The first kappa shape index (κ1) is 13.2. The third kappa shape index (κ3) is 7.26. The quantitative estimate of drug-likeness (QED) is 0.583. The summed E-state index contributed by atoms with van der Waals surface area (Å²) in [6.07, 6.45) is 0. The van der Waals surface area contributed by atoms with E-state index in [1.807, 2.05) is 20.8 Å². The third-order valence-corrected chi connectivity index (χ3v) is 2.85. The van der Waals surface area contributed by atoms with Crippen molar-refractivity contribution in [3.05, 3.63) is 0 Å². The monoisotopic (exact) mass is 226 g/mol. The largest absolute Gasteiger partial charge is 0.326 e. The predicted molar refractivity (Wildman–Crippen MR) is 54.1 cm³/mol. The van der Waals surface area contributed by atoms with Crippen LogP contribution in [-0.4, -0.2) is 22.4 Å². The topological polar surface area (TPSA) is 63.6 Å². The lowest BCUT2D eigenvalue weighted by Gasteiger charge is -2.14. The maximum atomic E-state index is 11.3. The first-order valence-corrected chi connectivity index (χ1v) is 6.12. The molecular formula is C7H15O4PS. The van der Waals surface area contributed by atoms with Gasteiger partial charge >= 0.3 is 8.25 Å². The van der Waals surface area contributed by atoms with E-state index >= 15 is 0 Å². The molecule has 0 bridgehead atoms. The maximum Gasteiger partial charge on any atom is 0.316 e. The summed E-state index contributed by atoms with van der Waals surface area (Å²) in [6, 6.07) is 0. The number of thioether (sulfide) groups is 1. The van der Waals surface area contributed by atoms with E-state index in [-0.39, 0.29) is 17.1 Å². The highest BCUT2D eigenvalue weighted by Gasteiger charge is 2.21. The van der Waals surface area contributed by atoms with E-state index in [4.69, 9.17) is 4.89 Å². The Kier molecular flexibility index (Phi) is 5.88. The Labute approximate surface area is 83.0 Å². The molecule has 0 radical (unpaired) electrons. The van der Waals surface area contributed by atoms with Gasteiger partial charge in [0.2, 0.25) is 0 Å². The van der Waals surface area contributed by atoms with E-state index in [0.29, 0.717) is 5.75 Å². The number of rotatable bonds is 4. The van der Waals surface area contributed by atoms with Crippen LogP contribution >= 0.6 is 20.0 Å². The van der Waals surface area contributed by atoms with Crippen molar-refractivity contribution in [3.8, 4) is 0 Å². The van der Waals surface area contributed by atoms with E-state index in [1.165, 1.54) is 0 Å². The van der Waals surface area contributed by atoms with Crippen molar-refractivity contribution in [1.82, 2.24) is 0 Å². The molecule has 0 aromatic rings. The van der Waals surface area contributed by atoms with Crippen molar-refractivity contribution in [2.24, 2.45) is 5.41 Å². The fourth-order valence-electron chi connectivity index (χ4n) is 0.480. The van der Waals surface area contributed by atoms with Crippen LogP contribution in [0.4, 0.5) is 0 Å². The van der Waals surface area contributed by atoms with Crippen LogP contribution in [0.3, 0.4) is 0 Å². The zero-order chi connectivity index (χ0) is 10.5. The Morgan fingerprint density at radius 2 is 2.08 bits per heavy atom. The van der Waals surface area contributed by atoms with Crippen LogP contribution in [-0.2, 0) is 13.9 Å². The molecule has 1 N–H and O–H groups in total. The predicted octanol–water partition coefficient (Wildman–Crippen LogP) is 1.69. The Hall–Kier alpha value is 0.170. The van der Waals surface area contributed by atoms with Gasteiger partial charge in [0.25, 0.3) is 0 Å². The van der Waals surface area contributed by atoms with Gasteiger partial charge in [-0.05, 0) is 0 Å². The molecule has 1 atom stereocenters. The van der Waals surface area contributed by atoms with Crippen molar-refractivity contribution < 1.29 is 18.8 Å². The van der Waals surface area contributed by atoms with E-state index < -0.39 is 8.25 Å². The first-order chi connectivity index (χ1) is 5.84. The highest BCUT2D eigenvalue weighted by Crippen LogP contribution is 2.23. The van der Waals surface area contributed by atoms with Crippen molar-refractivity contribution >= 4 is 25.1 Å². The van der Waals surface area contributed by atoms with Gasteiger partial charge in [0.1, 0.15) is 0 Å². The molecule has 0 saturated heterocycles. The molecule has 0 aliphatic heterocycles. The highest BCUT2D eigenvalue weighted by atomic mass is 32.2. The lowest BCUT2D eigenvalue weighted by atomic mass is 10.00. The standard InChI is InChI=1S/C7H15O4PS/c1-7(2,3)6(8)13-5-4-11-12(9)10/h12H,4-5H2,1-3H3,(H,9,10). The minimum absolute atomic E-state index is 0.0636. The molecule has 78 valence electrons. The van der Waals surface area contributed by atoms with Crippen molar-refractivity contribution in [3.63, 3.8) is 0 Å². The zero-order valence-corrected chi connectivity index (χ0v) is 9.81. The molecule has 0 aliphatic rings. The molecule has 1 unspecified atom stereocenters. The summed E-state index contributed by atoms with van der Waals surface area (Å²) in [7, 11) is -2.84. The van der Waals surface area contributed by atoms with Gasteiger partial charge in [-0.15, -0.1) is 0 Å². The number of carbonyl (C=O) groups is 1. The fourth-order valence-corrected chi connectivity index (χ4v) is 1.69. The fraction of sp³-hybridized carbons (Fsp3) is 0.857. The van der Waals surface area contributed by atoms with Crippen LogP contribution in [0.1, 0.15) is 20.8 Å². The van der Waals surface area contributed by atoms with Crippen LogP contribution in [0, 0.1) is 5.41 Å². The van der Waals surface area contributed by atoms with Gasteiger partial charge in [-0.1, -0.05) is 32.5 Å². The van der Waals surface area contributed by atoms with E-state index in [2.05, 4.69) is 4.52 Å². The van der Waals surface area contributed by atoms with Gasteiger partial charge in [-0.2, -0.15) is 0 Å². The van der Waals surface area contributed by atoms with Crippen LogP contribution in [0.5, 0.6) is 0 Å². The van der Waals surface area contributed by atoms with Gasteiger partial charge in [-0.25, -0.2) is 0 Å². The summed E-state index contributed by atoms with van der Waals surface area (Å²) >= 11 is 1.13. The molecule has 0 amide bonds. The second kappa shape index (κ2) is 5.81. The molecule has 13 heavy (non-hydrogen) atoms. The van der Waals surface area contributed by atoms with Gasteiger partial charge in [-0.3, -0.25) is 9.36 Å². The molecule has 0 spiro atoms. The van der Waals surface area contributed by atoms with Crippen molar-refractivity contribution in [2.45, 2.75) is 20.8 Å². The molecular weight excluding hydrogens is 211 g/mol. The summed E-state index contributed by atoms with van der Waals surface area (Å²) in [5.74, 6) is 0.424. The van der Waals surface area contributed by atoms with E-state index in [0.717, 1.165) is 11.8 Å². The van der Waals surface area contributed by atoms with Crippen molar-refractivity contribution in [1.29, 1.82) is 0 Å². The third-order valence-electron chi connectivity index (χ3n) is 1.15. The Morgan fingerprint density at radius 3 is 2.46 bits per heavy atom. The summed E-state index contributed by atoms with van der Waals surface area (Å²) in [5.41, 5.74) is -0.366. The summed E-state index contributed by atoms with van der Waals surface area (Å²) < 4.78 is 14.5. The molecule has 4 nitrogen and oxygen atoms in total. The molecule has 0 aromatic heterocycles. The zero-order valence-electron chi connectivity index (χ0n) is 7.99. The van der Waals surface area contributed by atoms with Crippen molar-refractivity contribution in [2.75, 3.05) is 12.4 Å². The van der Waals surface area contributed by atoms with Gasteiger partial charge in [0.05, 0.1) is 6.61 Å². The van der Waals surface area contributed by atoms with E-state index in [1.54, 1.807) is 0 Å². The summed E-state index contributed by atoms with van der Waals surface area (Å²) in [5, 5.41) is 0.0636. The molecule has 0 aliphatic carbocycles. The average Bonchev–Trinajstić information content (AvgIpc) is 1.95. The Bertz CT molecular complexity index is 199. The number of hydrogen-bond donors (Lipinski definition) is 1. The minimum atomic E-state index is -2.84. The molecule has 0 rings (SSSR count). The first-order valence-electron chi connectivity index (χ1n) is 3.87. The molecule has 0 heterocycles. The van der Waals surface area contributed by atoms with Gasteiger partial charge in [0, 0.05) is 11.2 Å². The molecule has 6 heteroatoms. The average molecular weight is 226 g/mol. The van der Waals surface area contributed by atoms with Gasteiger partial charge in [0.15, 0.2) is 5.12 Å². The summed E-state index contributed by atoms with van der Waals surface area (Å²) in [6.45, 7) is 5.63. The normalized spacial score (nSPS) is 14.2. The molecule has 0 saturated carbocycles. The van der Waals surface area contributed by atoms with E-state index in [9.17, 15) is 9.36 Å². The van der Waals surface area contributed by atoms with Crippen LogP contribution < -0.4 is 0 Å². The summed E-state index contributed by atoms with van der Waals surface area (Å²) in [4.78, 5) is 19.6. The second-order valence-corrected chi connectivity index (χ2v) is 5.39. The highest BCUT2D eigenvalue weighted by molar-refractivity contribution is 8.13. The number of carbonyl (C=O) groups excluding carboxylic acids is 1. The van der Waals surface area contributed by atoms with Crippen LogP contribution in [0.2, 0.25) is 0 Å². The SMILES string of the molecule is CC(C)(C)C(=O)SCCO[PH](=O)O. The molecule has 0 fully saturated rings. The minimum Gasteiger partial charge on any atom is -0.326 e. The molecule has 0 aromatic carbocycles. The number of hydrogen-bond acceptors (Lipinski definition) is 4. The van der Waals surface area contributed by atoms with Crippen LogP contribution in [0.15, 0.2) is 0 Å². The van der Waals surface area contributed by atoms with Gasteiger partial charge < -0.3 is 9.42 Å². The Morgan fingerprint density at radius 1 is 1.54 bits per heavy atom. The Balaban J connectivity index is 3.55.